The zero-order chi connectivity index (χ0) is 25.7. The van der Waals surface area contributed by atoms with Crippen LogP contribution in [0.3, 0.4) is 0 Å². The standard InChI is InChI=1S/C28H30O7/c1-14(2)7-9-16-22(30)17(10-8-15(3)4)26-21(23(16)31)27(32)34-25-18-11-12-28(5,6)35-24(18)19(29)13-20(25)33-26/h7-8,11-13,29-31H,9-10H2,1-6H3. The fraction of sp³-hybridized carbons (Fsp3) is 0.321. The molecule has 2 heterocycles. The highest BCUT2D eigenvalue weighted by atomic mass is 16.6. The minimum atomic E-state index is -0.834. The van der Waals surface area contributed by atoms with Crippen LogP contribution in [-0.2, 0) is 12.8 Å². The third kappa shape index (κ3) is 4.46. The molecule has 0 radical (unpaired) electrons. The molecule has 7 nitrogen and oxygen atoms in total. The molecule has 2 aliphatic heterocycles. The first-order chi connectivity index (χ1) is 16.4. The van der Waals surface area contributed by atoms with Crippen LogP contribution >= 0.6 is 0 Å². The lowest BCUT2D eigenvalue weighted by atomic mass is 9.95. The number of hydrogen-bond acceptors (Lipinski definition) is 7. The van der Waals surface area contributed by atoms with E-state index in [0.717, 1.165) is 11.1 Å². The number of phenolic OH excluding ortho intramolecular Hbond substituents is 3. The number of phenols is 3. The third-order valence-corrected chi connectivity index (χ3v) is 5.87. The third-order valence-electron chi connectivity index (χ3n) is 5.87. The minimum Gasteiger partial charge on any atom is -0.507 e. The van der Waals surface area contributed by atoms with E-state index < -0.39 is 17.3 Å². The molecule has 0 atom stereocenters. The molecule has 0 aliphatic carbocycles. The van der Waals surface area contributed by atoms with Crippen LogP contribution in [0.5, 0.6) is 40.2 Å². The maximum absolute atomic E-state index is 13.4. The lowest BCUT2D eigenvalue weighted by Crippen LogP contribution is -2.27. The molecule has 35 heavy (non-hydrogen) atoms. The summed E-state index contributed by atoms with van der Waals surface area (Å²) in [6, 6.07) is 1.31. The quantitative estimate of drug-likeness (QED) is 0.268. The van der Waals surface area contributed by atoms with Crippen LogP contribution in [0.25, 0.3) is 6.08 Å². The number of fused-ring (bicyclic) bond motifs is 4. The Morgan fingerprint density at radius 3 is 2.14 bits per heavy atom. The van der Waals surface area contributed by atoms with Crippen molar-refractivity contribution in [1.29, 1.82) is 0 Å². The Labute approximate surface area is 204 Å². The summed E-state index contributed by atoms with van der Waals surface area (Å²) >= 11 is 0. The molecular formula is C28H30O7. The van der Waals surface area contributed by atoms with E-state index in [1.807, 2.05) is 53.7 Å². The van der Waals surface area contributed by atoms with Crippen LogP contribution in [0.2, 0.25) is 0 Å². The van der Waals surface area contributed by atoms with Gasteiger partial charge in [0, 0.05) is 17.2 Å². The van der Waals surface area contributed by atoms with Gasteiger partial charge in [-0.1, -0.05) is 23.3 Å². The number of aromatic hydroxyl groups is 3. The molecule has 0 aromatic heterocycles. The molecule has 2 aromatic rings. The highest BCUT2D eigenvalue weighted by Gasteiger charge is 2.37. The zero-order valence-corrected chi connectivity index (χ0v) is 20.8. The van der Waals surface area contributed by atoms with Crippen LogP contribution in [0.15, 0.2) is 35.4 Å². The number of carbonyl (C=O) groups excluding carboxylic acids is 1. The molecule has 3 N–H and O–H groups in total. The average Bonchev–Trinajstić information content (AvgIpc) is 2.89. The summed E-state index contributed by atoms with van der Waals surface area (Å²) in [5, 5.41) is 32.9. The topological polar surface area (TPSA) is 105 Å². The van der Waals surface area contributed by atoms with Crippen molar-refractivity contribution in [3.63, 3.8) is 0 Å². The van der Waals surface area contributed by atoms with E-state index in [9.17, 15) is 20.1 Å². The molecule has 0 bridgehead atoms. The predicted octanol–water partition coefficient (Wildman–Crippen LogP) is 6.33. The van der Waals surface area contributed by atoms with Crippen LogP contribution < -0.4 is 14.2 Å². The number of carbonyl (C=O) groups is 1. The van der Waals surface area contributed by atoms with Gasteiger partial charge in [0.25, 0.3) is 0 Å². The van der Waals surface area contributed by atoms with Crippen molar-refractivity contribution >= 4 is 12.0 Å². The second kappa shape index (κ2) is 8.73. The molecule has 0 spiro atoms. The molecule has 2 aromatic carbocycles. The van der Waals surface area contributed by atoms with E-state index in [1.54, 1.807) is 12.2 Å². The van der Waals surface area contributed by atoms with Gasteiger partial charge < -0.3 is 29.5 Å². The van der Waals surface area contributed by atoms with Gasteiger partial charge in [-0.2, -0.15) is 0 Å². The Kier molecular flexibility index (Phi) is 6.05. The number of benzene rings is 2. The Morgan fingerprint density at radius 1 is 0.886 bits per heavy atom. The van der Waals surface area contributed by atoms with E-state index in [1.165, 1.54) is 6.07 Å². The van der Waals surface area contributed by atoms with Crippen molar-refractivity contribution < 1.29 is 34.3 Å². The normalized spacial score (nSPS) is 14.9. The summed E-state index contributed by atoms with van der Waals surface area (Å²) in [7, 11) is 0. The molecule has 4 rings (SSSR count). The molecule has 0 saturated heterocycles. The lowest BCUT2D eigenvalue weighted by molar-refractivity contribution is 0.0732. The second-order valence-electron chi connectivity index (χ2n) is 9.83. The summed E-state index contributed by atoms with van der Waals surface area (Å²) < 4.78 is 17.7. The smallest absolute Gasteiger partial charge is 0.351 e. The first-order valence-electron chi connectivity index (χ1n) is 11.4. The Morgan fingerprint density at radius 2 is 1.51 bits per heavy atom. The number of hydrogen-bond donors (Lipinski definition) is 3. The van der Waals surface area contributed by atoms with E-state index in [0.29, 0.717) is 11.1 Å². The van der Waals surface area contributed by atoms with Crippen molar-refractivity contribution in [2.24, 2.45) is 0 Å². The molecule has 0 amide bonds. The Balaban J connectivity index is 1.96. The maximum atomic E-state index is 13.4. The summed E-state index contributed by atoms with van der Waals surface area (Å²) in [6.45, 7) is 11.3. The van der Waals surface area contributed by atoms with Crippen molar-refractivity contribution in [2.45, 2.75) is 60.0 Å². The number of allylic oxidation sites excluding steroid dienone is 4. The highest BCUT2D eigenvalue weighted by molar-refractivity contribution is 6.00. The number of esters is 1. The lowest BCUT2D eigenvalue weighted by Gasteiger charge is -2.29. The molecule has 0 unspecified atom stereocenters. The van der Waals surface area contributed by atoms with Gasteiger partial charge in [-0.3, -0.25) is 0 Å². The molecule has 0 saturated carbocycles. The van der Waals surface area contributed by atoms with Crippen molar-refractivity contribution in [3.05, 3.63) is 57.7 Å². The van der Waals surface area contributed by atoms with Crippen LogP contribution in [0, 0.1) is 0 Å². The first-order valence-corrected chi connectivity index (χ1v) is 11.4. The number of ether oxygens (including phenoxy) is 3. The van der Waals surface area contributed by atoms with Crippen molar-refractivity contribution in [2.75, 3.05) is 0 Å². The molecule has 0 fully saturated rings. The minimum absolute atomic E-state index is 0.0115. The van der Waals surface area contributed by atoms with Gasteiger partial charge in [0.1, 0.15) is 22.7 Å². The first kappa shape index (κ1) is 24.3. The summed E-state index contributed by atoms with van der Waals surface area (Å²) in [4.78, 5) is 13.4. The highest BCUT2D eigenvalue weighted by Crippen LogP contribution is 2.54. The molecule has 184 valence electrons. The van der Waals surface area contributed by atoms with Gasteiger partial charge in [-0.05, 0) is 66.5 Å². The fourth-order valence-electron chi connectivity index (χ4n) is 4.01. The van der Waals surface area contributed by atoms with E-state index in [-0.39, 0.29) is 58.5 Å². The van der Waals surface area contributed by atoms with Crippen LogP contribution in [-0.4, -0.2) is 26.9 Å². The van der Waals surface area contributed by atoms with Gasteiger partial charge in [0.15, 0.2) is 28.7 Å². The summed E-state index contributed by atoms with van der Waals surface area (Å²) in [5.74, 6) is -1.30. The van der Waals surface area contributed by atoms with Crippen molar-refractivity contribution in [1.82, 2.24) is 0 Å². The van der Waals surface area contributed by atoms with Crippen LogP contribution in [0.1, 0.15) is 68.6 Å². The second-order valence-corrected chi connectivity index (χ2v) is 9.83. The van der Waals surface area contributed by atoms with Gasteiger partial charge in [0.2, 0.25) is 0 Å². The molecule has 7 heteroatoms. The monoisotopic (exact) mass is 478 g/mol. The summed E-state index contributed by atoms with van der Waals surface area (Å²) in [5.41, 5.74) is 2.05. The van der Waals surface area contributed by atoms with E-state index in [2.05, 4.69) is 0 Å². The SMILES string of the molecule is CC(C)=CCc1c(O)c(CC=C(C)C)c2c(c1O)C(=O)Oc1c(cc(O)c3c1C=CC(C)(C)O3)O2. The van der Waals surface area contributed by atoms with Gasteiger partial charge in [0.05, 0.1) is 5.56 Å². The van der Waals surface area contributed by atoms with Gasteiger partial charge >= 0.3 is 5.97 Å². The van der Waals surface area contributed by atoms with E-state index >= 15 is 0 Å². The summed E-state index contributed by atoms with van der Waals surface area (Å²) in [6.07, 6.45) is 7.70. The number of rotatable bonds is 4. The fourth-order valence-corrected chi connectivity index (χ4v) is 4.01. The van der Waals surface area contributed by atoms with Crippen molar-refractivity contribution in [3.8, 4) is 40.2 Å². The Bertz CT molecular complexity index is 1320. The van der Waals surface area contributed by atoms with E-state index in [4.69, 9.17) is 14.2 Å². The predicted molar refractivity (Wildman–Crippen MR) is 133 cm³/mol. The average molecular weight is 479 g/mol. The van der Waals surface area contributed by atoms with Gasteiger partial charge in [-0.15, -0.1) is 0 Å². The Hall–Kier alpha value is -3.87. The molecule has 2 aliphatic rings. The maximum Gasteiger partial charge on any atom is 0.351 e. The molecular weight excluding hydrogens is 448 g/mol. The van der Waals surface area contributed by atoms with Crippen LogP contribution in [0.4, 0.5) is 0 Å². The zero-order valence-electron chi connectivity index (χ0n) is 20.8. The largest absolute Gasteiger partial charge is 0.507 e. The van der Waals surface area contributed by atoms with Gasteiger partial charge in [-0.25, -0.2) is 4.79 Å².